The summed E-state index contributed by atoms with van der Waals surface area (Å²) >= 11 is 0. The summed E-state index contributed by atoms with van der Waals surface area (Å²) in [6, 6.07) is 4.67. The van der Waals surface area contributed by atoms with Crippen molar-refractivity contribution in [3.05, 3.63) is 36.4 Å². The fourth-order valence-corrected chi connectivity index (χ4v) is 2.24. The van der Waals surface area contributed by atoms with Crippen molar-refractivity contribution in [3.63, 3.8) is 0 Å². The van der Waals surface area contributed by atoms with Crippen molar-refractivity contribution in [2.24, 2.45) is 0 Å². The van der Waals surface area contributed by atoms with Gasteiger partial charge in [-0.25, -0.2) is 0 Å². The van der Waals surface area contributed by atoms with Crippen LogP contribution in [0.5, 0.6) is 11.5 Å². The van der Waals surface area contributed by atoms with Crippen molar-refractivity contribution in [1.29, 1.82) is 0 Å². The molecule has 22 heavy (non-hydrogen) atoms. The van der Waals surface area contributed by atoms with Gasteiger partial charge in [0.15, 0.2) is 11.5 Å². The van der Waals surface area contributed by atoms with E-state index >= 15 is 0 Å². The molecule has 0 radical (unpaired) electrons. The van der Waals surface area contributed by atoms with E-state index in [-0.39, 0.29) is 11.5 Å². The van der Waals surface area contributed by atoms with Crippen LogP contribution in [0.4, 0.5) is 0 Å². The second kappa shape index (κ2) is 7.08. The highest BCUT2D eigenvalue weighted by Crippen LogP contribution is 2.31. The van der Waals surface area contributed by atoms with Crippen LogP contribution in [0, 0.1) is 0 Å². The number of phenolic OH excluding ortho intramolecular Hbond substituents is 1. The minimum atomic E-state index is -1.53. The smallest absolute Gasteiger partial charge is 0.229 e. The molecule has 0 unspecified atom stereocenters. The van der Waals surface area contributed by atoms with Gasteiger partial charge in [0.2, 0.25) is 6.29 Å². The zero-order chi connectivity index (χ0) is 16.3. The van der Waals surface area contributed by atoms with Crippen molar-refractivity contribution in [3.8, 4) is 11.5 Å². The van der Waals surface area contributed by atoms with Crippen molar-refractivity contribution < 1.29 is 35.0 Å². The molecule has 0 spiro atoms. The second-order valence-electron chi connectivity index (χ2n) is 5.11. The minimum Gasteiger partial charge on any atom is -0.504 e. The molecule has 0 aliphatic carbocycles. The van der Waals surface area contributed by atoms with Gasteiger partial charge in [-0.2, -0.15) is 0 Å². The van der Waals surface area contributed by atoms with E-state index in [9.17, 15) is 20.4 Å². The lowest BCUT2D eigenvalue weighted by molar-refractivity contribution is -0.277. The van der Waals surface area contributed by atoms with E-state index in [1.54, 1.807) is 18.2 Å². The van der Waals surface area contributed by atoms with Gasteiger partial charge in [0.05, 0.1) is 6.61 Å². The van der Waals surface area contributed by atoms with Crippen LogP contribution in [0.1, 0.15) is 5.56 Å². The maximum Gasteiger partial charge on any atom is 0.229 e. The predicted octanol–water partition coefficient (Wildman–Crippen LogP) is -0.701. The molecule has 5 N–H and O–H groups in total. The van der Waals surface area contributed by atoms with Gasteiger partial charge in [-0.3, -0.25) is 0 Å². The lowest BCUT2D eigenvalue weighted by Gasteiger charge is -2.39. The minimum absolute atomic E-state index is 0.0590. The summed E-state index contributed by atoms with van der Waals surface area (Å²) in [7, 11) is 0. The number of hydrogen-bond donors (Lipinski definition) is 5. The third kappa shape index (κ3) is 3.40. The Morgan fingerprint density at radius 2 is 1.91 bits per heavy atom. The zero-order valence-corrected chi connectivity index (χ0v) is 11.9. The largest absolute Gasteiger partial charge is 0.504 e. The molecule has 1 aliphatic heterocycles. The highest BCUT2D eigenvalue weighted by atomic mass is 16.7. The first-order valence-corrected chi connectivity index (χ1v) is 6.88. The summed E-state index contributed by atoms with van der Waals surface area (Å²) < 4.78 is 10.6. The molecule has 1 heterocycles. The van der Waals surface area contributed by atoms with Gasteiger partial charge in [-0.15, -0.1) is 6.58 Å². The summed E-state index contributed by atoms with van der Waals surface area (Å²) in [5.41, 5.74) is 0.826. The zero-order valence-electron chi connectivity index (χ0n) is 11.9. The number of aromatic hydroxyl groups is 1. The molecule has 0 bridgehead atoms. The first kappa shape index (κ1) is 16.7. The van der Waals surface area contributed by atoms with Crippen LogP contribution in [0.3, 0.4) is 0 Å². The summed E-state index contributed by atoms with van der Waals surface area (Å²) in [6.45, 7) is 3.07. The molecule has 5 atom stereocenters. The Hall–Kier alpha value is -1.64. The Balaban J connectivity index is 2.18. The van der Waals surface area contributed by atoms with Gasteiger partial charge < -0.3 is 35.0 Å². The molecular formula is C15H20O7. The SMILES string of the molecule is C=CCc1ccc(O)c(O[C@@H]2O[C@H](CO)[C@@H](O)[C@@H](O)[C@H]2O)c1. The van der Waals surface area contributed by atoms with Gasteiger partial charge in [0, 0.05) is 0 Å². The fourth-order valence-electron chi connectivity index (χ4n) is 2.24. The third-order valence-electron chi connectivity index (χ3n) is 3.50. The Labute approximate surface area is 127 Å². The fraction of sp³-hybridized carbons (Fsp3) is 0.467. The van der Waals surface area contributed by atoms with Gasteiger partial charge in [0.25, 0.3) is 0 Å². The van der Waals surface area contributed by atoms with Crippen LogP contribution < -0.4 is 4.74 Å². The third-order valence-corrected chi connectivity index (χ3v) is 3.50. The van der Waals surface area contributed by atoms with Gasteiger partial charge in [-0.1, -0.05) is 12.1 Å². The van der Waals surface area contributed by atoms with Crippen LogP contribution in [0.25, 0.3) is 0 Å². The molecule has 1 saturated heterocycles. The molecule has 1 aromatic carbocycles. The Kier molecular flexibility index (Phi) is 5.38. The highest BCUT2D eigenvalue weighted by molar-refractivity contribution is 5.42. The maximum atomic E-state index is 9.91. The van der Waals surface area contributed by atoms with Crippen LogP contribution in [-0.2, 0) is 11.2 Å². The van der Waals surface area contributed by atoms with Crippen LogP contribution in [0.2, 0.25) is 0 Å². The highest BCUT2D eigenvalue weighted by Gasteiger charge is 2.44. The molecule has 1 aromatic rings. The Morgan fingerprint density at radius 3 is 2.55 bits per heavy atom. The number of hydrogen-bond acceptors (Lipinski definition) is 7. The van der Waals surface area contributed by atoms with Crippen molar-refractivity contribution >= 4 is 0 Å². The summed E-state index contributed by atoms with van der Waals surface area (Å²) in [6.07, 6.45) is -4.67. The molecule has 1 fully saturated rings. The van der Waals surface area contributed by atoms with Crippen molar-refractivity contribution in [2.75, 3.05) is 6.61 Å². The standard InChI is InChI=1S/C15H20O7/c1-2-3-8-4-5-9(17)10(6-8)21-15-14(20)13(19)12(18)11(7-16)22-15/h2,4-6,11-20H,1,3,7H2/t11-,12-,13-,14-,15-/m1/s1. The van der Waals surface area contributed by atoms with Crippen molar-refractivity contribution in [1.82, 2.24) is 0 Å². The van der Waals surface area contributed by atoms with Crippen LogP contribution in [0.15, 0.2) is 30.9 Å². The van der Waals surface area contributed by atoms with E-state index < -0.39 is 37.3 Å². The summed E-state index contributed by atoms with van der Waals surface area (Å²) in [4.78, 5) is 0. The molecule has 0 amide bonds. The number of aliphatic hydroxyl groups excluding tert-OH is 4. The van der Waals surface area contributed by atoms with Crippen LogP contribution in [-0.4, -0.2) is 62.8 Å². The van der Waals surface area contributed by atoms with E-state index in [2.05, 4.69) is 6.58 Å². The normalized spacial score (nSPS) is 31.7. The Bertz CT molecular complexity index is 517. The molecular weight excluding hydrogens is 292 g/mol. The predicted molar refractivity (Wildman–Crippen MR) is 76.4 cm³/mol. The van der Waals surface area contributed by atoms with Gasteiger partial charge >= 0.3 is 0 Å². The Morgan fingerprint density at radius 1 is 1.18 bits per heavy atom. The molecule has 2 rings (SSSR count). The maximum absolute atomic E-state index is 9.91. The van der Waals surface area contributed by atoms with Gasteiger partial charge in [0.1, 0.15) is 24.4 Å². The van der Waals surface area contributed by atoms with Crippen LogP contribution >= 0.6 is 0 Å². The van der Waals surface area contributed by atoms with Gasteiger partial charge in [-0.05, 0) is 24.1 Å². The molecule has 122 valence electrons. The summed E-state index contributed by atoms with van der Waals surface area (Å²) in [5.74, 6) is -0.103. The monoisotopic (exact) mass is 312 g/mol. The second-order valence-corrected chi connectivity index (χ2v) is 5.11. The van der Waals surface area contributed by atoms with E-state index in [1.165, 1.54) is 6.07 Å². The average Bonchev–Trinajstić information content (AvgIpc) is 2.51. The number of phenols is 1. The first-order chi connectivity index (χ1) is 10.5. The number of ether oxygens (including phenoxy) is 2. The van der Waals surface area contributed by atoms with E-state index in [0.717, 1.165) is 5.56 Å². The lowest BCUT2D eigenvalue weighted by atomic mass is 9.99. The summed E-state index contributed by atoms with van der Waals surface area (Å²) in [5, 5.41) is 48.2. The number of rotatable bonds is 5. The molecule has 0 saturated carbocycles. The van der Waals surface area contributed by atoms with E-state index in [4.69, 9.17) is 14.6 Å². The van der Waals surface area contributed by atoms with Crippen molar-refractivity contribution in [2.45, 2.75) is 37.1 Å². The van der Waals surface area contributed by atoms with E-state index in [1.807, 2.05) is 0 Å². The topological polar surface area (TPSA) is 120 Å². The lowest BCUT2D eigenvalue weighted by Crippen LogP contribution is -2.60. The number of allylic oxidation sites excluding steroid dienone is 1. The van der Waals surface area contributed by atoms with E-state index in [0.29, 0.717) is 6.42 Å². The number of aliphatic hydroxyl groups is 4. The molecule has 7 nitrogen and oxygen atoms in total. The molecule has 0 aromatic heterocycles. The molecule has 7 heteroatoms. The first-order valence-electron chi connectivity index (χ1n) is 6.88. The number of benzene rings is 1. The average molecular weight is 312 g/mol. The molecule has 1 aliphatic rings. The quantitative estimate of drug-likeness (QED) is 0.456.